The van der Waals surface area contributed by atoms with Crippen molar-refractivity contribution in [2.45, 2.75) is 19.3 Å². The number of benzene rings is 2. The van der Waals surface area contributed by atoms with E-state index in [9.17, 15) is 9.59 Å². The maximum absolute atomic E-state index is 12.7. The SMILES string of the molecule is COc1ccc(C(=O)Nc2ccc3c(c2)N(C(=O)C2CC2)CC3)c(OC)c1. The summed E-state index contributed by atoms with van der Waals surface area (Å²) in [5, 5.41) is 2.91. The van der Waals surface area contributed by atoms with Crippen LogP contribution < -0.4 is 19.7 Å². The first-order valence-corrected chi connectivity index (χ1v) is 9.08. The van der Waals surface area contributed by atoms with Crippen LogP contribution in [0.2, 0.25) is 0 Å². The standard InChI is InChI=1S/C21H22N2O4/c1-26-16-7-8-17(19(12-16)27-2)20(24)22-15-6-5-13-9-10-23(18(13)11-15)21(25)14-3-4-14/h5-8,11-12,14H,3-4,9-10H2,1-2H3,(H,22,24). The van der Waals surface area contributed by atoms with E-state index in [0.717, 1.165) is 30.5 Å². The Hall–Kier alpha value is -3.02. The first kappa shape index (κ1) is 17.4. The molecule has 0 aromatic heterocycles. The van der Waals surface area contributed by atoms with Gasteiger partial charge in [0.05, 0.1) is 19.8 Å². The van der Waals surface area contributed by atoms with Crippen molar-refractivity contribution in [2.24, 2.45) is 5.92 Å². The lowest BCUT2D eigenvalue weighted by molar-refractivity contribution is -0.119. The molecular formula is C21H22N2O4. The summed E-state index contributed by atoms with van der Waals surface area (Å²) >= 11 is 0. The Labute approximate surface area is 158 Å². The van der Waals surface area contributed by atoms with Gasteiger partial charge >= 0.3 is 0 Å². The third kappa shape index (κ3) is 3.35. The number of nitrogens with zero attached hydrogens (tertiary/aromatic N) is 1. The van der Waals surface area contributed by atoms with Crippen LogP contribution in [-0.2, 0) is 11.2 Å². The molecule has 6 nitrogen and oxygen atoms in total. The quantitative estimate of drug-likeness (QED) is 0.882. The third-order valence-corrected chi connectivity index (χ3v) is 5.08. The van der Waals surface area contributed by atoms with Crippen molar-refractivity contribution < 1.29 is 19.1 Å². The highest BCUT2D eigenvalue weighted by atomic mass is 16.5. The molecule has 0 bridgehead atoms. The van der Waals surface area contributed by atoms with Gasteiger partial charge in [-0.05, 0) is 49.1 Å². The maximum atomic E-state index is 12.7. The Balaban J connectivity index is 1.56. The average Bonchev–Trinajstić information content (AvgIpc) is 3.46. The molecule has 1 aliphatic carbocycles. The number of carbonyl (C=O) groups excluding carboxylic acids is 2. The molecule has 1 heterocycles. The van der Waals surface area contributed by atoms with E-state index in [1.54, 1.807) is 25.3 Å². The van der Waals surface area contributed by atoms with E-state index < -0.39 is 0 Å². The largest absolute Gasteiger partial charge is 0.497 e. The number of hydrogen-bond acceptors (Lipinski definition) is 4. The minimum atomic E-state index is -0.271. The normalized spacial score (nSPS) is 15.3. The van der Waals surface area contributed by atoms with Gasteiger partial charge in [-0.15, -0.1) is 0 Å². The number of rotatable bonds is 5. The zero-order chi connectivity index (χ0) is 19.0. The molecule has 1 N–H and O–H groups in total. The Morgan fingerprint density at radius 3 is 2.59 bits per heavy atom. The highest BCUT2D eigenvalue weighted by molar-refractivity contribution is 6.07. The Morgan fingerprint density at radius 1 is 1.07 bits per heavy atom. The minimum Gasteiger partial charge on any atom is -0.497 e. The van der Waals surface area contributed by atoms with Gasteiger partial charge in [-0.1, -0.05) is 6.07 Å². The van der Waals surface area contributed by atoms with Crippen molar-refractivity contribution in [3.05, 3.63) is 47.5 Å². The first-order valence-electron chi connectivity index (χ1n) is 9.08. The van der Waals surface area contributed by atoms with Crippen molar-refractivity contribution in [2.75, 3.05) is 31.0 Å². The summed E-state index contributed by atoms with van der Waals surface area (Å²) in [5.41, 5.74) is 3.13. The van der Waals surface area contributed by atoms with Gasteiger partial charge in [-0.3, -0.25) is 9.59 Å². The van der Waals surface area contributed by atoms with Crippen molar-refractivity contribution >= 4 is 23.2 Å². The molecule has 0 saturated heterocycles. The van der Waals surface area contributed by atoms with E-state index in [4.69, 9.17) is 9.47 Å². The lowest BCUT2D eigenvalue weighted by atomic mass is 10.1. The van der Waals surface area contributed by atoms with Crippen molar-refractivity contribution in [3.63, 3.8) is 0 Å². The van der Waals surface area contributed by atoms with E-state index in [0.29, 0.717) is 29.3 Å². The number of nitrogens with one attached hydrogen (secondary N) is 1. The van der Waals surface area contributed by atoms with Gasteiger partial charge in [-0.25, -0.2) is 0 Å². The van der Waals surface area contributed by atoms with E-state index in [-0.39, 0.29) is 17.7 Å². The van der Waals surface area contributed by atoms with Crippen LogP contribution in [-0.4, -0.2) is 32.6 Å². The molecule has 140 valence electrons. The molecule has 6 heteroatoms. The molecule has 2 aliphatic rings. The number of ether oxygens (including phenoxy) is 2. The fourth-order valence-corrected chi connectivity index (χ4v) is 3.42. The van der Waals surface area contributed by atoms with Crippen molar-refractivity contribution in [3.8, 4) is 11.5 Å². The molecule has 0 atom stereocenters. The van der Waals surface area contributed by atoms with Gasteiger partial charge in [-0.2, -0.15) is 0 Å². The Kier molecular flexibility index (Phi) is 4.48. The number of carbonyl (C=O) groups is 2. The molecule has 1 saturated carbocycles. The zero-order valence-corrected chi connectivity index (χ0v) is 15.5. The van der Waals surface area contributed by atoms with Gasteiger partial charge in [0, 0.05) is 29.9 Å². The molecule has 0 unspecified atom stereocenters. The van der Waals surface area contributed by atoms with Gasteiger partial charge < -0.3 is 19.7 Å². The van der Waals surface area contributed by atoms with Crippen LogP contribution in [0.4, 0.5) is 11.4 Å². The number of amides is 2. The predicted molar refractivity (Wildman–Crippen MR) is 103 cm³/mol. The second-order valence-electron chi connectivity index (χ2n) is 6.88. The van der Waals surface area contributed by atoms with Crippen LogP contribution in [0.15, 0.2) is 36.4 Å². The fourth-order valence-electron chi connectivity index (χ4n) is 3.42. The lowest BCUT2D eigenvalue weighted by Gasteiger charge is -2.18. The van der Waals surface area contributed by atoms with Gasteiger partial charge in [0.25, 0.3) is 5.91 Å². The highest BCUT2D eigenvalue weighted by Gasteiger charge is 2.36. The van der Waals surface area contributed by atoms with Gasteiger partial charge in [0.1, 0.15) is 11.5 Å². The number of fused-ring (bicyclic) bond motifs is 1. The average molecular weight is 366 g/mol. The monoisotopic (exact) mass is 366 g/mol. The molecule has 2 amide bonds. The molecular weight excluding hydrogens is 344 g/mol. The summed E-state index contributed by atoms with van der Waals surface area (Å²) in [6.45, 7) is 0.717. The molecule has 0 spiro atoms. The molecule has 2 aromatic rings. The number of hydrogen-bond donors (Lipinski definition) is 1. The minimum absolute atomic E-state index is 0.178. The predicted octanol–water partition coefficient (Wildman–Crippen LogP) is 3.26. The Bertz CT molecular complexity index is 905. The van der Waals surface area contributed by atoms with Crippen molar-refractivity contribution in [1.82, 2.24) is 0 Å². The number of anilines is 2. The highest BCUT2D eigenvalue weighted by Crippen LogP contribution is 2.37. The molecule has 27 heavy (non-hydrogen) atoms. The fraction of sp³-hybridized carbons (Fsp3) is 0.333. The summed E-state index contributed by atoms with van der Waals surface area (Å²) in [5.74, 6) is 1.17. The van der Waals surface area contributed by atoms with Crippen molar-refractivity contribution in [1.29, 1.82) is 0 Å². The van der Waals surface area contributed by atoms with Crippen LogP contribution in [0.1, 0.15) is 28.8 Å². The van der Waals surface area contributed by atoms with E-state index >= 15 is 0 Å². The smallest absolute Gasteiger partial charge is 0.259 e. The lowest BCUT2D eigenvalue weighted by Crippen LogP contribution is -2.30. The van der Waals surface area contributed by atoms with Gasteiger partial charge in [0.15, 0.2) is 0 Å². The van der Waals surface area contributed by atoms with E-state index in [2.05, 4.69) is 5.32 Å². The van der Waals surface area contributed by atoms with Gasteiger partial charge in [0.2, 0.25) is 5.91 Å². The van der Waals surface area contributed by atoms with Crippen LogP contribution in [0.25, 0.3) is 0 Å². The first-order chi connectivity index (χ1) is 13.1. The van der Waals surface area contributed by atoms with Crippen LogP contribution in [0.3, 0.4) is 0 Å². The summed E-state index contributed by atoms with van der Waals surface area (Å²) in [6, 6.07) is 10.8. The molecule has 2 aromatic carbocycles. The van der Waals surface area contributed by atoms with Crippen LogP contribution in [0.5, 0.6) is 11.5 Å². The van der Waals surface area contributed by atoms with Crippen LogP contribution in [0, 0.1) is 5.92 Å². The summed E-state index contributed by atoms with van der Waals surface area (Å²) in [6.07, 6.45) is 2.82. The van der Waals surface area contributed by atoms with E-state index in [1.807, 2.05) is 23.1 Å². The molecule has 1 fully saturated rings. The van der Waals surface area contributed by atoms with E-state index in [1.165, 1.54) is 7.11 Å². The molecule has 1 aliphatic heterocycles. The Morgan fingerprint density at radius 2 is 1.89 bits per heavy atom. The summed E-state index contributed by atoms with van der Waals surface area (Å²) in [7, 11) is 3.08. The summed E-state index contributed by atoms with van der Waals surface area (Å²) < 4.78 is 10.5. The van der Waals surface area contributed by atoms with Crippen LogP contribution >= 0.6 is 0 Å². The second-order valence-corrected chi connectivity index (χ2v) is 6.88. The third-order valence-electron chi connectivity index (χ3n) is 5.08. The second kappa shape index (κ2) is 6.95. The molecule has 0 radical (unpaired) electrons. The zero-order valence-electron chi connectivity index (χ0n) is 15.5. The molecule has 4 rings (SSSR count). The number of methoxy groups -OCH3 is 2. The summed E-state index contributed by atoms with van der Waals surface area (Å²) in [4.78, 5) is 27.1. The topological polar surface area (TPSA) is 67.9 Å². The maximum Gasteiger partial charge on any atom is 0.259 e.